The molecule has 1 fully saturated rings. The number of alkyl halides is 3. The molecule has 0 amide bonds. The van der Waals surface area contributed by atoms with Gasteiger partial charge in [0.15, 0.2) is 6.10 Å². The van der Waals surface area contributed by atoms with Crippen molar-refractivity contribution in [3.05, 3.63) is 23.8 Å². The summed E-state index contributed by atoms with van der Waals surface area (Å²) in [5, 5.41) is 0. The molecule has 3 unspecified atom stereocenters. The average Bonchev–Trinajstić information content (AvgIpc) is 2.84. The zero-order valence-electron chi connectivity index (χ0n) is 12.2. The van der Waals surface area contributed by atoms with Crippen LogP contribution in [0.15, 0.2) is 23.8 Å². The van der Waals surface area contributed by atoms with E-state index in [4.69, 9.17) is 11.2 Å². The van der Waals surface area contributed by atoms with Crippen LogP contribution in [0.4, 0.5) is 22.0 Å². The Kier molecular flexibility index (Phi) is 5.06. The van der Waals surface area contributed by atoms with Crippen molar-refractivity contribution in [3.8, 4) is 12.3 Å². The summed E-state index contributed by atoms with van der Waals surface area (Å²) in [6.07, 6.45) is -2.32. The van der Waals surface area contributed by atoms with Gasteiger partial charge in [-0.1, -0.05) is 19.8 Å². The van der Waals surface area contributed by atoms with Crippen molar-refractivity contribution in [2.75, 3.05) is 0 Å². The van der Waals surface area contributed by atoms with E-state index in [1.807, 2.05) is 5.92 Å². The zero-order valence-corrected chi connectivity index (χ0v) is 12.2. The van der Waals surface area contributed by atoms with E-state index in [1.165, 1.54) is 0 Å². The lowest BCUT2D eigenvalue weighted by molar-refractivity contribution is -0.148. The summed E-state index contributed by atoms with van der Waals surface area (Å²) >= 11 is 0. The third-order valence-corrected chi connectivity index (χ3v) is 3.66. The lowest BCUT2D eigenvalue weighted by Gasteiger charge is -2.14. The van der Waals surface area contributed by atoms with Crippen molar-refractivity contribution in [1.29, 1.82) is 0 Å². The minimum absolute atomic E-state index is 0.0541. The van der Waals surface area contributed by atoms with Crippen molar-refractivity contribution >= 4 is 5.97 Å². The van der Waals surface area contributed by atoms with Crippen LogP contribution in [-0.4, -0.2) is 18.2 Å². The van der Waals surface area contributed by atoms with Gasteiger partial charge in [-0.25, -0.2) is 0 Å². The number of allylic oxidation sites excluding steroid dienone is 2. The summed E-state index contributed by atoms with van der Waals surface area (Å²) in [6.45, 7) is 4.26. The van der Waals surface area contributed by atoms with Gasteiger partial charge in [0.2, 0.25) is 0 Å². The fourth-order valence-electron chi connectivity index (χ4n) is 2.36. The van der Waals surface area contributed by atoms with E-state index in [9.17, 15) is 26.7 Å². The predicted octanol–water partition coefficient (Wildman–Crippen LogP) is 4.09. The third-order valence-electron chi connectivity index (χ3n) is 3.66. The molecular weight excluding hydrogens is 307 g/mol. The Balaban J connectivity index is 2.82. The van der Waals surface area contributed by atoms with Gasteiger partial charge in [0, 0.05) is 12.0 Å². The number of carbonyl (C=O) groups is 1. The molecule has 22 heavy (non-hydrogen) atoms. The minimum atomic E-state index is -4.59. The summed E-state index contributed by atoms with van der Waals surface area (Å²) in [5.41, 5.74) is -1.10. The standard InChI is InChI=1S/C15H15F5O2/c1-5-10(8(2)7-15(18,19)20)22-13(21)12-9(6-11(16)17)14(12,3)4/h1,6-7,9-10,12H,2-4H3. The smallest absolute Gasteiger partial charge is 0.409 e. The summed E-state index contributed by atoms with van der Waals surface area (Å²) < 4.78 is 66.2. The molecule has 0 aromatic carbocycles. The van der Waals surface area contributed by atoms with Crippen LogP contribution >= 0.6 is 0 Å². The summed E-state index contributed by atoms with van der Waals surface area (Å²) in [4.78, 5) is 12.0. The Bertz CT molecular complexity index is 547. The quantitative estimate of drug-likeness (QED) is 0.337. The molecule has 1 aliphatic rings. The van der Waals surface area contributed by atoms with E-state index in [0.29, 0.717) is 6.08 Å². The van der Waals surface area contributed by atoms with Gasteiger partial charge >= 0.3 is 12.1 Å². The van der Waals surface area contributed by atoms with Crippen LogP contribution in [0, 0.1) is 29.6 Å². The Morgan fingerprint density at radius 3 is 2.32 bits per heavy atom. The largest absolute Gasteiger partial charge is 0.444 e. The van der Waals surface area contributed by atoms with Crippen molar-refractivity contribution in [2.24, 2.45) is 17.3 Å². The van der Waals surface area contributed by atoms with E-state index >= 15 is 0 Å². The summed E-state index contributed by atoms with van der Waals surface area (Å²) in [6, 6.07) is 0. The van der Waals surface area contributed by atoms with Crippen LogP contribution in [0.3, 0.4) is 0 Å². The molecule has 0 bridgehead atoms. The maximum atomic E-state index is 12.3. The van der Waals surface area contributed by atoms with Gasteiger partial charge in [-0.05, 0) is 24.0 Å². The SMILES string of the molecule is C#CC(OC(=O)C1C(C=C(F)F)C1(C)C)C(C)=CC(F)(F)F. The van der Waals surface area contributed by atoms with Gasteiger partial charge in [0.25, 0.3) is 6.08 Å². The van der Waals surface area contributed by atoms with Gasteiger partial charge in [-0.3, -0.25) is 4.79 Å². The zero-order chi connectivity index (χ0) is 17.3. The number of halogens is 5. The van der Waals surface area contributed by atoms with Gasteiger partial charge in [-0.15, -0.1) is 6.42 Å². The van der Waals surface area contributed by atoms with Crippen molar-refractivity contribution in [3.63, 3.8) is 0 Å². The van der Waals surface area contributed by atoms with Crippen LogP contribution in [0.1, 0.15) is 20.8 Å². The number of hydrogen-bond acceptors (Lipinski definition) is 2. The molecule has 0 saturated heterocycles. The molecule has 1 aliphatic carbocycles. The van der Waals surface area contributed by atoms with Crippen LogP contribution in [0.2, 0.25) is 0 Å². The molecule has 0 aromatic rings. The summed E-state index contributed by atoms with van der Waals surface area (Å²) in [5.74, 6) is -0.522. The first kappa shape index (κ1) is 18.2. The molecule has 0 N–H and O–H groups in total. The number of ether oxygens (including phenoxy) is 1. The van der Waals surface area contributed by atoms with E-state index in [-0.39, 0.29) is 11.6 Å². The highest BCUT2D eigenvalue weighted by molar-refractivity contribution is 5.79. The highest BCUT2D eigenvalue weighted by atomic mass is 19.4. The van der Waals surface area contributed by atoms with E-state index in [2.05, 4.69) is 0 Å². The molecule has 1 rings (SSSR count). The molecule has 122 valence electrons. The molecule has 0 aromatic heterocycles. The molecular formula is C15H15F5O2. The Morgan fingerprint density at radius 1 is 1.36 bits per heavy atom. The highest BCUT2D eigenvalue weighted by Crippen LogP contribution is 2.60. The van der Waals surface area contributed by atoms with E-state index < -0.39 is 41.6 Å². The summed E-state index contributed by atoms with van der Waals surface area (Å²) in [7, 11) is 0. The molecule has 0 radical (unpaired) electrons. The average molecular weight is 322 g/mol. The lowest BCUT2D eigenvalue weighted by Crippen LogP contribution is -2.22. The Morgan fingerprint density at radius 2 is 1.91 bits per heavy atom. The van der Waals surface area contributed by atoms with E-state index in [1.54, 1.807) is 13.8 Å². The molecule has 7 heteroatoms. The van der Waals surface area contributed by atoms with Crippen LogP contribution < -0.4 is 0 Å². The number of terminal acetylenes is 1. The molecule has 2 nitrogen and oxygen atoms in total. The Hall–Kier alpha value is -1.84. The predicted molar refractivity (Wildman–Crippen MR) is 69.6 cm³/mol. The number of hydrogen-bond donors (Lipinski definition) is 0. The molecule has 0 spiro atoms. The second-order valence-electron chi connectivity index (χ2n) is 5.69. The van der Waals surface area contributed by atoms with Gasteiger partial charge < -0.3 is 4.74 Å². The first-order valence-electron chi connectivity index (χ1n) is 6.35. The molecule has 0 heterocycles. The van der Waals surface area contributed by atoms with E-state index in [0.717, 1.165) is 6.92 Å². The molecule has 1 saturated carbocycles. The lowest BCUT2D eigenvalue weighted by atomic mass is 10.1. The second-order valence-corrected chi connectivity index (χ2v) is 5.69. The Labute approximate surface area is 125 Å². The van der Waals surface area contributed by atoms with Gasteiger partial charge in [0.1, 0.15) is 0 Å². The van der Waals surface area contributed by atoms with Crippen molar-refractivity contribution < 1.29 is 31.5 Å². The highest BCUT2D eigenvalue weighted by Gasteiger charge is 2.62. The fraction of sp³-hybridized carbons (Fsp3) is 0.533. The number of carbonyl (C=O) groups excluding carboxylic acids is 1. The molecule has 0 aliphatic heterocycles. The van der Waals surface area contributed by atoms with Crippen LogP contribution in [0.5, 0.6) is 0 Å². The third kappa shape index (κ3) is 4.33. The number of rotatable bonds is 4. The molecule has 3 atom stereocenters. The fourth-order valence-corrected chi connectivity index (χ4v) is 2.36. The topological polar surface area (TPSA) is 26.3 Å². The van der Waals surface area contributed by atoms with Crippen LogP contribution in [-0.2, 0) is 9.53 Å². The maximum Gasteiger partial charge on any atom is 0.409 e. The first-order chi connectivity index (χ1) is 9.90. The van der Waals surface area contributed by atoms with Gasteiger partial charge in [0.05, 0.1) is 5.92 Å². The minimum Gasteiger partial charge on any atom is -0.444 e. The van der Waals surface area contributed by atoms with Gasteiger partial charge in [-0.2, -0.15) is 22.0 Å². The second kappa shape index (κ2) is 6.11. The normalized spacial score (nSPS) is 25.0. The number of esters is 1. The van der Waals surface area contributed by atoms with Crippen molar-refractivity contribution in [1.82, 2.24) is 0 Å². The van der Waals surface area contributed by atoms with Crippen molar-refractivity contribution in [2.45, 2.75) is 33.1 Å². The first-order valence-corrected chi connectivity index (χ1v) is 6.35. The monoisotopic (exact) mass is 322 g/mol. The maximum absolute atomic E-state index is 12.3. The van der Waals surface area contributed by atoms with Crippen LogP contribution in [0.25, 0.3) is 0 Å².